The van der Waals surface area contributed by atoms with Gasteiger partial charge in [0.15, 0.2) is 0 Å². The number of likely N-dealkylation sites (tertiary alicyclic amines) is 1. The van der Waals surface area contributed by atoms with Gasteiger partial charge in [0, 0.05) is 31.7 Å². The van der Waals surface area contributed by atoms with Crippen LogP contribution in [0.2, 0.25) is 0 Å². The molecule has 1 aliphatic carbocycles. The lowest BCUT2D eigenvalue weighted by Gasteiger charge is -2.51. The van der Waals surface area contributed by atoms with E-state index in [2.05, 4.69) is 39.8 Å². The van der Waals surface area contributed by atoms with Gasteiger partial charge in [-0.05, 0) is 68.5 Å². The highest BCUT2D eigenvalue weighted by Crippen LogP contribution is 2.50. The van der Waals surface area contributed by atoms with E-state index in [4.69, 9.17) is 24.5 Å². The second-order valence-corrected chi connectivity index (χ2v) is 8.83. The monoisotopic (exact) mass is 539 g/mol. The molecule has 1 spiro atoms. The molecule has 206 valence electrons. The van der Waals surface area contributed by atoms with E-state index < -0.39 is 24.3 Å². The Hall–Kier alpha value is -3.29. The summed E-state index contributed by atoms with van der Waals surface area (Å²) in [6.45, 7) is 3.50. The summed E-state index contributed by atoms with van der Waals surface area (Å²) < 4.78 is 71.7. The number of aryl methyl sites for hydroxylation is 1. The van der Waals surface area contributed by atoms with E-state index >= 15 is 0 Å². The number of nitrogens with zero attached hydrogens (tertiary/aromatic N) is 3. The molecule has 2 aromatic rings. The minimum absolute atomic E-state index is 0.388. The highest BCUT2D eigenvalue weighted by atomic mass is 19.4. The number of ether oxygens (including phenoxy) is 1. The summed E-state index contributed by atoms with van der Waals surface area (Å²) in [5.41, 5.74) is 1.95. The Balaban J connectivity index is 0.000000286. The van der Waals surface area contributed by atoms with Crippen molar-refractivity contribution in [1.82, 2.24) is 14.5 Å². The SMILES string of the molecule is Cn1cccc1CN1CCC2(CC1)CC(Oc1cccnc1)C2.O=C(O)C(F)(F)F.O=C(O)C(F)(F)F. The average molecular weight is 539 g/mol. The molecule has 0 aromatic carbocycles. The smallest absolute Gasteiger partial charge is 0.489 e. The third-order valence-electron chi connectivity index (χ3n) is 6.10. The van der Waals surface area contributed by atoms with Gasteiger partial charge in [-0.15, -0.1) is 0 Å². The quantitative estimate of drug-likeness (QED) is 0.551. The first-order valence-electron chi connectivity index (χ1n) is 11.1. The second kappa shape index (κ2) is 12.3. The summed E-state index contributed by atoms with van der Waals surface area (Å²) in [5, 5.41) is 14.2. The van der Waals surface area contributed by atoms with Gasteiger partial charge < -0.3 is 19.5 Å². The van der Waals surface area contributed by atoms with E-state index in [1.807, 2.05) is 18.3 Å². The van der Waals surface area contributed by atoms with E-state index in [9.17, 15) is 26.3 Å². The van der Waals surface area contributed by atoms with Crippen molar-refractivity contribution >= 4 is 11.9 Å². The Bertz CT molecular complexity index is 986. The minimum atomic E-state index is -5.08. The first kappa shape index (κ1) is 29.9. The first-order valence-corrected chi connectivity index (χ1v) is 11.1. The van der Waals surface area contributed by atoms with Crippen molar-refractivity contribution in [3.8, 4) is 5.75 Å². The van der Waals surface area contributed by atoms with E-state index in [1.54, 1.807) is 6.20 Å². The molecule has 1 saturated carbocycles. The molecule has 3 heterocycles. The van der Waals surface area contributed by atoms with Crippen molar-refractivity contribution in [2.75, 3.05) is 13.1 Å². The summed E-state index contributed by atoms with van der Waals surface area (Å²) in [4.78, 5) is 24.5. The van der Waals surface area contributed by atoms with Gasteiger partial charge in [-0.3, -0.25) is 9.88 Å². The maximum absolute atomic E-state index is 10.6. The number of piperidine rings is 1. The number of rotatable bonds is 4. The topological polar surface area (TPSA) is 105 Å². The largest absolute Gasteiger partial charge is 0.490 e. The molecule has 0 unspecified atom stereocenters. The summed E-state index contributed by atoms with van der Waals surface area (Å²) in [5.74, 6) is -4.60. The lowest BCUT2D eigenvalue weighted by Crippen LogP contribution is -2.50. The van der Waals surface area contributed by atoms with Crippen molar-refractivity contribution < 1.29 is 50.9 Å². The number of carbonyl (C=O) groups is 2. The van der Waals surface area contributed by atoms with Gasteiger partial charge in [-0.2, -0.15) is 26.3 Å². The van der Waals surface area contributed by atoms with Crippen molar-refractivity contribution in [3.63, 3.8) is 0 Å². The maximum Gasteiger partial charge on any atom is 0.490 e. The Morgan fingerprint density at radius 2 is 1.57 bits per heavy atom. The lowest BCUT2D eigenvalue weighted by molar-refractivity contribution is -0.193. The zero-order valence-electron chi connectivity index (χ0n) is 19.8. The number of aliphatic carboxylic acids is 2. The van der Waals surface area contributed by atoms with Gasteiger partial charge in [-0.1, -0.05) is 0 Å². The number of hydrogen-bond donors (Lipinski definition) is 2. The van der Waals surface area contributed by atoms with Crippen LogP contribution in [0.5, 0.6) is 5.75 Å². The van der Waals surface area contributed by atoms with E-state index in [-0.39, 0.29) is 0 Å². The van der Waals surface area contributed by atoms with Gasteiger partial charge in [0.05, 0.1) is 12.3 Å². The predicted octanol–water partition coefficient (Wildman–Crippen LogP) is 4.51. The maximum atomic E-state index is 10.6. The Labute approximate surface area is 208 Å². The molecule has 37 heavy (non-hydrogen) atoms. The van der Waals surface area contributed by atoms with Gasteiger partial charge in [-0.25, -0.2) is 9.59 Å². The summed E-state index contributed by atoms with van der Waals surface area (Å²) in [6, 6.07) is 8.30. The molecule has 0 radical (unpaired) electrons. The number of aromatic nitrogens is 2. The van der Waals surface area contributed by atoms with Crippen LogP contribution < -0.4 is 4.74 Å². The van der Waals surface area contributed by atoms with E-state index in [1.165, 1.54) is 44.5 Å². The molecule has 8 nitrogen and oxygen atoms in total. The number of carboxylic acids is 2. The fourth-order valence-corrected chi connectivity index (χ4v) is 4.08. The van der Waals surface area contributed by atoms with Crippen LogP contribution in [0.25, 0.3) is 0 Å². The standard InChI is InChI=1S/C19H25N3O.2C2HF3O2/c1-21-9-3-4-16(21)15-22-10-6-19(7-11-22)12-18(13-19)23-17-5-2-8-20-14-17;2*3-2(4,5)1(6)7/h2-5,8-9,14,18H,6-7,10-13,15H2,1H3;2*(H,6,7). The fourth-order valence-electron chi connectivity index (χ4n) is 4.08. The lowest BCUT2D eigenvalue weighted by atomic mass is 9.61. The molecule has 14 heteroatoms. The zero-order chi connectivity index (χ0) is 27.9. The van der Waals surface area contributed by atoms with Crippen molar-refractivity contribution in [1.29, 1.82) is 0 Å². The number of pyridine rings is 1. The molecular formula is C23H27F6N3O5. The molecule has 1 aliphatic heterocycles. The molecule has 2 aromatic heterocycles. The van der Waals surface area contributed by atoms with Crippen molar-refractivity contribution in [3.05, 3.63) is 48.5 Å². The van der Waals surface area contributed by atoms with Gasteiger partial charge in [0.2, 0.25) is 0 Å². The van der Waals surface area contributed by atoms with Gasteiger partial charge >= 0.3 is 24.3 Å². The normalized spacial score (nSPS) is 17.5. The van der Waals surface area contributed by atoms with Crippen LogP contribution in [-0.2, 0) is 23.2 Å². The molecule has 4 rings (SSSR count). The zero-order valence-corrected chi connectivity index (χ0v) is 19.8. The first-order chi connectivity index (χ1) is 17.1. The van der Waals surface area contributed by atoms with Crippen molar-refractivity contribution in [2.45, 2.75) is 50.7 Å². The van der Waals surface area contributed by atoms with E-state index in [0.29, 0.717) is 11.5 Å². The number of hydrogen-bond acceptors (Lipinski definition) is 5. The van der Waals surface area contributed by atoms with Crippen LogP contribution in [0.4, 0.5) is 26.3 Å². The highest BCUT2D eigenvalue weighted by Gasteiger charge is 2.47. The fraction of sp³-hybridized carbons (Fsp3) is 0.522. The highest BCUT2D eigenvalue weighted by molar-refractivity contribution is 5.73. The Morgan fingerprint density at radius 1 is 1.03 bits per heavy atom. The number of carboxylic acid groups (broad SMARTS) is 2. The third-order valence-corrected chi connectivity index (χ3v) is 6.10. The molecular weight excluding hydrogens is 512 g/mol. The molecule has 0 bridgehead atoms. The number of alkyl halides is 6. The van der Waals surface area contributed by atoms with Crippen LogP contribution in [0, 0.1) is 5.41 Å². The van der Waals surface area contributed by atoms with Gasteiger partial charge in [0.1, 0.15) is 5.75 Å². The van der Waals surface area contributed by atoms with Crippen LogP contribution in [0.1, 0.15) is 31.4 Å². The number of halogens is 6. The van der Waals surface area contributed by atoms with Crippen molar-refractivity contribution in [2.24, 2.45) is 12.5 Å². The molecule has 1 saturated heterocycles. The minimum Gasteiger partial charge on any atom is -0.489 e. The van der Waals surface area contributed by atoms with Crippen LogP contribution in [0.3, 0.4) is 0 Å². The van der Waals surface area contributed by atoms with E-state index in [0.717, 1.165) is 12.3 Å². The second-order valence-electron chi connectivity index (χ2n) is 8.83. The molecule has 2 aliphatic rings. The average Bonchev–Trinajstić information content (AvgIpc) is 3.18. The Morgan fingerprint density at radius 3 is 1.97 bits per heavy atom. The molecule has 0 atom stereocenters. The van der Waals surface area contributed by atoms with Crippen LogP contribution in [0.15, 0.2) is 42.9 Å². The summed E-state index contributed by atoms with van der Waals surface area (Å²) >= 11 is 0. The predicted molar refractivity (Wildman–Crippen MR) is 118 cm³/mol. The summed E-state index contributed by atoms with van der Waals surface area (Å²) in [6.07, 6.45) is 0.991. The third kappa shape index (κ3) is 9.59. The molecule has 0 amide bonds. The van der Waals surface area contributed by atoms with Gasteiger partial charge in [0.25, 0.3) is 0 Å². The molecule has 2 N–H and O–H groups in total. The van der Waals surface area contributed by atoms with Crippen LogP contribution >= 0.6 is 0 Å². The van der Waals surface area contributed by atoms with Crippen LogP contribution in [-0.4, -0.2) is 68.1 Å². The molecule has 2 fully saturated rings. The Kier molecular flexibility index (Phi) is 9.95. The summed E-state index contributed by atoms with van der Waals surface area (Å²) in [7, 11) is 2.13.